The molecule has 2 aliphatic rings. The van der Waals surface area contributed by atoms with Crippen LogP contribution in [-0.2, 0) is 20.9 Å². The molecule has 2 unspecified atom stereocenters. The van der Waals surface area contributed by atoms with Crippen LogP contribution in [0.3, 0.4) is 0 Å². The highest BCUT2D eigenvalue weighted by Crippen LogP contribution is 2.49. The first-order chi connectivity index (χ1) is 13.1. The second-order valence-corrected chi connectivity index (χ2v) is 7.99. The van der Waals surface area contributed by atoms with Gasteiger partial charge < -0.3 is 24.4 Å². The number of hydrogen-bond acceptors (Lipinski definition) is 7. The lowest BCUT2D eigenvalue weighted by Gasteiger charge is -2.26. The molecule has 1 aromatic carbocycles. The van der Waals surface area contributed by atoms with Gasteiger partial charge in [-0.3, -0.25) is 4.79 Å². The smallest absolute Gasteiger partial charge is 0.342 e. The van der Waals surface area contributed by atoms with E-state index in [9.17, 15) is 19.8 Å². The minimum absolute atomic E-state index is 0.0956. The number of phenolic OH excluding ortho intramolecular Hbond substituents is 1. The van der Waals surface area contributed by atoms with E-state index in [1.54, 1.807) is 6.08 Å². The van der Waals surface area contributed by atoms with E-state index in [-0.39, 0.29) is 23.8 Å². The zero-order valence-electron chi connectivity index (χ0n) is 16.2. The second kappa shape index (κ2) is 7.29. The van der Waals surface area contributed by atoms with Crippen molar-refractivity contribution in [2.75, 3.05) is 14.2 Å². The third-order valence-electron chi connectivity index (χ3n) is 5.57. The van der Waals surface area contributed by atoms with Crippen LogP contribution in [0, 0.1) is 6.92 Å². The highest BCUT2D eigenvalue weighted by molar-refractivity contribution is 6.34. The van der Waals surface area contributed by atoms with E-state index in [2.05, 4.69) is 4.74 Å². The van der Waals surface area contributed by atoms with Crippen molar-refractivity contribution in [1.82, 2.24) is 0 Å². The molecule has 7 nitrogen and oxygen atoms in total. The first-order valence-electron chi connectivity index (χ1n) is 8.90. The summed E-state index contributed by atoms with van der Waals surface area (Å²) < 4.78 is 15.3. The minimum Gasteiger partial charge on any atom is -0.507 e. The van der Waals surface area contributed by atoms with Gasteiger partial charge in [0.1, 0.15) is 29.8 Å². The molecule has 1 aromatic rings. The number of hydrogen-bond donors (Lipinski definition) is 2. The number of benzene rings is 1. The topological polar surface area (TPSA) is 102 Å². The van der Waals surface area contributed by atoms with Gasteiger partial charge in [0.25, 0.3) is 0 Å². The van der Waals surface area contributed by atoms with Gasteiger partial charge >= 0.3 is 11.9 Å². The molecule has 3 atom stereocenters. The van der Waals surface area contributed by atoms with Gasteiger partial charge in [0, 0.05) is 17.0 Å². The maximum Gasteiger partial charge on any atom is 0.342 e. The fourth-order valence-electron chi connectivity index (χ4n) is 3.99. The third-order valence-corrected chi connectivity index (χ3v) is 5.93. The van der Waals surface area contributed by atoms with Gasteiger partial charge in [0.2, 0.25) is 0 Å². The zero-order valence-corrected chi connectivity index (χ0v) is 16.9. The van der Waals surface area contributed by atoms with Crippen molar-refractivity contribution in [2.45, 2.75) is 50.2 Å². The Morgan fingerprint density at radius 3 is 2.71 bits per heavy atom. The van der Waals surface area contributed by atoms with Crippen molar-refractivity contribution in [3.05, 3.63) is 33.9 Å². The Morgan fingerprint density at radius 1 is 1.43 bits per heavy atom. The summed E-state index contributed by atoms with van der Waals surface area (Å²) in [6.45, 7) is 3.30. The summed E-state index contributed by atoms with van der Waals surface area (Å²) in [4.78, 5) is 22.3. The number of halogens is 1. The number of rotatable bonds is 5. The van der Waals surface area contributed by atoms with Crippen LogP contribution in [0.2, 0.25) is 0 Å². The quantitative estimate of drug-likeness (QED) is 0.437. The number of esters is 2. The molecule has 28 heavy (non-hydrogen) atoms. The molecule has 3 rings (SSSR count). The van der Waals surface area contributed by atoms with Crippen molar-refractivity contribution in [3.8, 4) is 11.5 Å². The van der Waals surface area contributed by atoms with E-state index in [1.165, 1.54) is 21.1 Å². The number of carbonyl (C=O) groups excluding carboxylic acids is 2. The fraction of sp³-hybridized carbons (Fsp3) is 0.500. The molecule has 0 radical (unpaired) electrons. The lowest BCUT2D eigenvalue weighted by molar-refractivity contribution is -0.145. The molecule has 2 N–H and O–H groups in total. The number of aromatic hydroxyl groups is 1. The summed E-state index contributed by atoms with van der Waals surface area (Å²) in [6, 6.07) is 0. The second-order valence-electron chi connectivity index (χ2n) is 7.21. The number of allylic oxidation sites excluding steroid dienone is 1. The lowest BCUT2D eigenvalue weighted by atomic mass is 9.89. The van der Waals surface area contributed by atoms with E-state index in [0.717, 1.165) is 5.56 Å². The van der Waals surface area contributed by atoms with Gasteiger partial charge in [0.15, 0.2) is 4.87 Å². The Labute approximate surface area is 167 Å². The number of aliphatic hydroxyl groups excluding tert-OH is 1. The summed E-state index contributed by atoms with van der Waals surface area (Å²) in [5, 5.41) is 21.4. The number of cyclic esters (lactones) is 1. The molecular formula is C20H23ClO7. The number of ether oxygens (including phenoxy) is 3. The van der Waals surface area contributed by atoms with Gasteiger partial charge in [-0.05, 0) is 37.8 Å². The first-order valence-corrected chi connectivity index (χ1v) is 9.28. The zero-order chi connectivity index (χ0) is 20.8. The third kappa shape index (κ3) is 3.02. The average molecular weight is 411 g/mol. The van der Waals surface area contributed by atoms with Crippen molar-refractivity contribution in [3.63, 3.8) is 0 Å². The van der Waals surface area contributed by atoms with Crippen LogP contribution in [0.5, 0.6) is 11.5 Å². The number of fused-ring (bicyclic) bond motifs is 1. The molecule has 1 aliphatic carbocycles. The SMILES string of the molecule is COC(=O)C(C)(Cl)[C@H](O)C1=CC(c2c(O)c3c(c(C)c2OC)COC3=O)CC1. The predicted molar refractivity (Wildman–Crippen MR) is 101 cm³/mol. The van der Waals surface area contributed by atoms with Crippen molar-refractivity contribution >= 4 is 23.5 Å². The molecule has 0 amide bonds. The van der Waals surface area contributed by atoms with Crippen LogP contribution >= 0.6 is 11.6 Å². The molecule has 0 spiro atoms. The molecule has 1 aliphatic heterocycles. The standard InChI is InChI=1S/C20H23ClO7/c1-9-12-8-28-18(24)14(12)15(22)13(16(9)26-3)10-5-6-11(7-10)17(23)20(2,21)19(25)27-4/h7,10,17,22-23H,5-6,8H2,1-4H3/t10?,17-,20?/m1/s1. The van der Waals surface area contributed by atoms with E-state index < -0.39 is 22.9 Å². The number of alkyl halides is 1. The van der Waals surface area contributed by atoms with Gasteiger partial charge in [-0.2, -0.15) is 0 Å². The molecule has 0 saturated carbocycles. The largest absolute Gasteiger partial charge is 0.507 e. The fourth-order valence-corrected chi connectivity index (χ4v) is 4.21. The Bertz CT molecular complexity index is 872. The summed E-state index contributed by atoms with van der Waals surface area (Å²) in [5.74, 6) is -1.31. The van der Waals surface area contributed by atoms with Crippen LogP contribution in [0.15, 0.2) is 11.6 Å². The molecule has 0 aromatic heterocycles. The van der Waals surface area contributed by atoms with Crippen molar-refractivity contribution in [2.24, 2.45) is 0 Å². The Kier molecular flexibility index (Phi) is 5.34. The summed E-state index contributed by atoms with van der Waals surface area (Å²) >= 11 is 6.22. The maximum atomic E-state index is 12.1. The van der Waals surface area contributed by atoms with Gasteiger partial charge in [-0.15, -0.1) is 11.6 Å². The first kappa shape index (κ1) is 20.5. The van der Waals surface area contributed by atoms with Crippen LogP contribution in [-0.4, -0.2) is 47.3 Å². The number of methoxy groups -OCH3 is 2. The van der Waals surface area contributed by atoms with E-state index >= 15 is 0 Å². The summed E-state index contributed by atoms with van der Waals surface area (Å²) in [5.41, 5.74) is 2.54. The Morgan fingerprint density at radius 2 is 2.11 bits per heavy atom. The van der Waals surface area contributed by atoms with E-state index in [1.807, 2.05) is 6.92 Å². The Balaban J connectivity index is 2.04. The molecule has 0 fully saturated rings. The van der Waals surface area contributed by atoms with Gasteiger partial charge in [-0.25, -0.2) is 4.79 Å². The van der Waals surface area contributed by atoms with Crippen LogP contribution in [0.1, 0.15) is 52.7 Å². The normalized spacial score (nSPS) is 21.4. The maximum absolute atomic E-state index is 12.1. The number of aliphatic hydroxyl groups is 1. The van der Waals surface area contributed by atoms with Gasteiger partial charge in [-0.1, -0.05) is 6.08 Å². The molecular weight excluding hydrogens is 388 g/mol. The van der Waals surface area contributed by atoms with Crippen molar-refractivity contribution in [1.29, 1.82) is 0 Å². The van der Waals surface area contributed by atoms with E-state index in [0.29, 0.717) is 35.3 Å². The van der Waals surface area contributed by atoms with Crippen LogP contribution in [0.25, 0.3) is 0 Å². The highest BCUT2D eigenvalue weighted by atomic mass is 35.5. The van der Waals surface area contributed by atoms with Crippen LogP contribution in [0.4, 0.5) is 0 Å². The monoisotopic (exact) mass is 410 g/mol. The Hall–Kier alpha value is -2.25. The van der Waals surface area contributed by atoms with Crippen LogP contribution < -0.4 is 4.74 Å². The van der Waals surface area contributed by atoms with Crippen molar-refractivity contribution < 1.29 is 34.0 Å². The number of carbonyl (C=O) groups is 2. The lowest BCUT2D eigenvalue weighted by Crippen LogP contribution is -2.43. The summed E-state index contributed by atoms with van der Waals surface area (Å²) in [6.07, 6.45) is 1.53. The highest BCUT2D eigenvalue weighted by Gasteiger charge is 2.43. The average Bonchev–Trinajstić information content (AvgIpc) is 3.30. The molecule has 0 bridgehead atoms. The number of phenols is 1. The molecule has 1 heterocycles. The molecule has 0 saturated heterocycles. The van der Waals surface area contributed by atoms with E-state index in [4.69, 9.17) is 21.1 Å². The summed E-state index contributed by atoms with van der Waals surface area (Å²) in [7, 11) is 2.70. The molecule has 152 valence electrons. The minimum atomic E-state index is -1.63. The molecule has 8 heteroatoms. The predicted octanol–water partition coefficient (Wildman–Crippen LogP) is 2.71. The van der Waals surface area contributed by atoms with Gasteiger partial charge in [0.05, 0.1) is 14.2 Å².